The maximum Gasteiger partial charge on any atom is 0.0644 e. The fourth-order valence-electron chi connectivity index (χ4n) is 1.03. The molecule has 0 unspecified atom stereocenters. The first-order valence-corrected chi connectivity index (χ1v) is 4.10. The summed E-state index contributed by atoms with van der Waals surface area (Å²) in [7, 11) is 1.81. The molecule has 68 valence electrons. The molecule has 0 radical (unpaired) electrons. The summed E-state index contributed by atoms with van der Waals surface area (Å²) >= 11 is 0. The quantitative estimate of drug-likeness (QED) is 0.684. The summed E-state index contributed by atoms with van der Waals surface area (Å²) in [5.41, 5.74) is 2.22. The number of aryl methyl sites for hydroxylation is 1. The summed E-state index contributed by atoms with van der Waals surface area (Å²) in [4.78, 5) is 4.11. The number of aromatic nitrogens is 1. The van der Waals surface area contributed by atoms with Gasteiger partial charge in [-0.1, -0.05) is 0 Å². The third kappa shape index (κ3) is 2.40. The topological polar surface area (TPSA) is 48.8 Å². The predicted molar refractivity (Wildman–Crippen MR) is 54.0 cm³/mol. The minimum Gasteiger partial charge on any atom is -0.394 e. The molecule has 13 heavy (non-hydrogen) atoms. The van der Waals surface area contributed by atoms with Crippen LogP contribution in [0.1, 0.15) is 11.3 Å². The largest absolute Gasteiger partial charge is 0.394 e. The second-order valence-corrected chi connectivity index (χ2v) is 2.67. The van der Waals surface area contributed by atoms with Crippen molar-refractivity contribution in [2.24, 2.45) is 0 Å². The van der Waals surface area contributed by atoms with E-state index in [9.17, 15) is 0 Å². The molecule has 3 nitrogen and oxygen atoms in total. The van der Waals surface area contributed by atoms with Gasteiger partial charge in [0.15, 0.2) is 0 Å². The van der Waals surface area contributed by atoms with Gasteiger partial charge in [-0.15, -0.1) is 0 Å². The van der Waals surface area contributed by atoms with E-state index in [4.69, 9.17) is 5.41 Å². The molecule has 0 aliphatic rings. The number of rotatable bonds is 3. The standard InChI is InChI=1S/C10H13N3/c1-8-9(4-3-6-13-8)10(11)5-7-12-2/h3-7,11-12H,1-2H3/b7-5-,11-10?. The van der Waals surface area contributed by atoms with E-state index in [1.54, 1.807) is 25.5 Å². The maximum absolute atomic E-state index is 7.71. The molecule has 0 saturated heterocycles. The highest BCUT2D eigenvalue weighted by molar-refractivity contribution is 6.07. The average Bonchev–Trinajstić information content (AvgIpc) is 2.15. The Morgan fingerprint density at radius 1 is 1.62 bits per heavy atom. The van der Waals surface area contributed by atoms with Gasteiger partial charge in [-0.3, -0.25) is 4.98 Å². The van der Waals surface area contributed by atoms with Crippen molar-refractivity contribution in [3.8, 4) is 0 Å². The van der Waals surface area contributed by atoms with Crippen LogP contribution in [-0.2, 0) is 0 Å². The van der Waals surface area contributed by atoms with Crippen molar-refractivity contribution >= 4 is 5.71 Å². The number of nitrogens with zero attached hydrogens (tertiary/aromatic N) is 1. The van der Waals surface area contributed by atoms with E-state index in [1.165, 1.54) is 0 Å². The summed E-state index contributed by atoms with van der Waals surface area (Å²) in [6, 6.07) is 3.73. The summed E-state index contributed by atoms with van der Waals surface area (Å²) in [5, 5.41) is 10.6. The van der Waals surface area contributed by atoms with Crippen LogP contribution >= 0.6 is 0 Å². The van der Waals surface area contributed by atoms with Gasteiger partial charge in [-0.25, -0.2) is 0 Å². The lowest BCUT2D eigenvalue weighted by Crippen LogP contribution is -2.01. The predicted octanol–water partition coefficient (Wildman–Crippen LogP) is 1.49. The van der Waals surface area contributed by atoms with Gasteiger partial charge in [0.25, 0.3) is 0 Å². The molecule has 1 aromatic rings. The van der Waals surface area contributed by atoms with Crippen LogP contribution in [0.15, 0.2) is 30.6 Å². The van der Waals surface area contributed by atoms with Crippen molar-refractivity contribution in [3.05, 3.63) is 41.9 Å². The average molecular weight is 175 g/mol. The second kappa shape index (κ2) is 4.40. The number of pyridine rings is 1. The summed E-state index contributed by atoms with van der Waals surface area (Å²) in [5.74, 6) is 0. The van der Waals surface area contributed by atoms with Crippen LogP contribution in [0, 0.1) is 12.3 Å². The van der Waals surface area contributed by atoms with Gasteiger partial charge < -0.3 is 10.7 Å². The first-order chi connectivity index (χ1) is 6.25. The zero-order valence-electron chi connectivity index (χ0n) is 7.83. The molecule has 0 saturated carbocycles. The van der Waals surface area contributed by atoms with Crippen molar-refractivity contribution in [3.63, 3.8) is 0 Å². The molecule has 0 bridgehead atoms. The molecule has 1 aromatic heterocycles. The van der Waals surface area contributed by atoms with Crippen molar-refractivity contribution < 1.29 is 0 Å². The minimum atomic E-state index is 0.472. The van der Waals surface area contributed by atoms with E-state index in [0.717, 1.165) is 11.3 Å². The first-order valence-electron chi connectivity index (χ1n) is 4.10. The Balaban J connectivity index is 2.89. The summed E-state index contributed by atoms with van der Waals surface area (Å²) in [6.07, 6.45) is 5.17. The van der Waals surface area contributed by atoms with E-state index in [-0.39, 0.29) is 0 Å². The molecule has 1 rings (SSSR count). The van der Waals surface area contributed by atoms with Gasteiger partial charge in [0.1, 0.15) is 0 Å². The van der Waals surface area contributed by atoms with Crippen LogP contribution in [0.4, 0.5) is 0 Å². The van der Waals surface area contributed by atoms with Gasteiger partial charge in [0, 0.05) is 24.5 Å². The minimum absolute atomic E-state index is 0.472. The molecule has 0 aliphatic carbocycles. The molecule has 0 amide bonds. The molecule has 2 N–H and O–H groups in total. The smallest absolute Gasteiger partial charge is 0.0644 e. The van der Waals surface area contributed by atoms with Crippen LogP contribution in [0.2, 0.25) is 0 Å². The Morgan fingerprint density at radius 2 is 2.38 bits per heavy atom. The summed E-state index contributed by atoms with van der Waals surface area (Å²) < 4.78 is 0. The molecule has 0 atom stereocenters. The lowest BCUT2D eigenvalue weighted by Gasteiger charge is -2.01. The highest BCUT2D eigenvalue weighted by atomic mass is 14.8. The van der Waals surface area contributed by atoms with E-state index >= 15 is 0 Å². The third-order valence-corrected chi connectivity index (χ3v) is 1.71. The van der Waals surface area contributed by atoms with Gasteiger partial charge in [0.2, 0.25) is 0 Å². The zero-order valence-corrected chi connectivity index (χ0v) is 7.83. The number of hydrogen-bond acceptors (Lipinski definition) is 3. The van der Waals surface area contributed by atoms with Crippen molar-refractivity contribution in [1.29, 1.82) is 5.41 Å². The lowest BCUT2D eigenvalue weighted by molar-refractivity contribution is 1.10. The van der Waals surface area contributed by atoms with Crippen molar-refractivity contribution in [2.75, 3.05) is 7.05 Å². The van der Waals surface area contributed by atoms with Gasteiger partial charge >= 0.3 is 0 Å². The molecule has 1 heterocycles. The van der Waals surface area contributed by atoms with Gasteiger partial charge in [0.05, 0.1) is 5.71 Å². The van der Waals surface area contributed by atoms with Crippen LogP contribution in [0.3, 0.4) is 0 Å². The van der Waals surface area contributed by atoms with Crippen molar-refractivity contribution in [2.45, 2.75) is 6.92 Å². The normalized spacial score (nSPS) is 10.3. The Bertz CT molecular complexity index is 329. The number of allylic oxidation sites excluding steroid dienone is 1. The van der Waals surface area contributed by atoms with Gasteiger partial charge in [-0.2, -0.15) is 0 Å². The molecule has 0 aliphatic heterocycles. The van der Waals surface area contributed by atoms with Crippen LogP contribution in [0.5, 0.6) is 0 Å². The molecular weight excluding hydrogens is 162 g/mol. The van der Waals surface area contributed by atoms with E-state index < -0.39 is 0 Å². The van der Waals surface area contributed by atoms with Gasteiger partial charge in [-0.05, 0) is 31.3 Å². The van der Waals surface area contributed by atoms with E-state index in [1.807, 2.05) is 19.1 Å². The molecular formula is C10H13N3. The number of hydrogen-bond donors (Lipinski definition) is 2. The SMILES string of the molecule is CN/C=C\C(=N)c1cccnc1C. The Kier molecular flexibility index (Phi) is 3.20. The fourth-order valence-corrected chi connectivity index (χ4v) is 1.03. The first kappa shape index (κ1) is 9.45. The van der Waals surface area contributed by atoms with Crippen LogP contribution in [0.25, 0.3) is 0 Å². The zero-order chi connectivity index (χ0) is 9.68. The number of nitrogens with one attached hydrogen (secondary N) is 2. The van der Waals surface area contributed by atoms with E-state index in [0.29, 0.717) is 5.71 Å². The van der Waals surface area contributed by atoms with E-state index in [2.05, 4.69) is 10.3 Å². The second-order valence-electron chi connectivity index (χ2n) is 2.67. The highest BCUT2D eigenvalue weighted by Gasteiger charge is 2.00. The lowest BCUT2D eigenvalue weighted by atomic mass is 10.1. The molecule has 3 heteroatoms. The Labute approximate surface area is 78.0 Å². The summed E-state index contributed by atoms with van der Waals surface area (Å²) in [6.45, 7) is 1.90. The Hall–Kier alpha value is -1.64. The maximum atomic E-state index is 7.71. The fraction of sp³-hybridized carbons (Fsp3) is 0.200. The monoisotopic (exact) mass is 175 g/mol. The highest BCUT2D eigenvalue weighted by Crippen LogP contribution is 2.04. The molecule has 0 fully saturated rings. The van der Waals surface area contributed by atoms with Crippen LogP contribution in [-0.4, -0.2) is 17.7 Å². The molecule has 0 spiro atoms. The Morgan fingerprint density at radius 3 is 3.00 bits per heavy atom. The third-order valence-electron chi connectivity index (χ3n) is 1.71. The van der Waals surface area contributed by atoms with Crippen LogP contribution < -0.4 is 5.32 Å². The van der Waals surface area contributed by atoms with Crippen molar-refractivity contribution in [1.82, 2.24) is 10.3 Å². The molecule has 0 aromatic carbocycles.